The minimum Gasteiger partial charge on any atom is -0.494 e. The van der Waals surface area contributed by atoms with Gasteiger partial charge in [0.05, 0.1) is 25.5 Å². The molecule has 0 saturated carbocycles. The minimum atomic E-state index is -0.894. The van der Waals surface area contributed by atoms with Gasteiger partial charge >= 0.3 is 18.0 Å². The zero-order chi connectivity index (χ0) is 55.0. The standard InChI is InChI=1S/C58H74N12O8/c1-3-5-37-76-52-29-25-48(26-30-52)63-57(74)61-46-17-21-50(22-18-46)65-67-54(71)41-69-35-13-15-44(39-69)43-78-60-34-12-10-8-7-9-11-33-59-56(73)45-16-14-36-70(40-45)42-55(72)68-66-51-23-19-47(20-24-51)62-58(75)64-49-27-31-53(32-28-49)77-38-6-4-2/h13-32,35-36,39-40,54,60,65-67,71H,3-12,33-34,37-38,41-43H2,1-2H3,(H4-2,59,61,62,63,64,68,72,73,74,75)/p+2. The maximum atomic E-state index is 12.9. The number of aliphatic hydroxyl groups excluding tert-OH is 1. The van der Waals surface area contributed by atoms with E-state index in [0.29, 0.717) is 66.1 Å². The number of carbonyl (C=O) groups excluding carboxylic acids is 4. The van der Waals surface area contributed by atoms with Crippen molar-refractivity contribution in [2.24, 2.45) is 0 Å². The predicted octanol–water partition coefficient (Wildman–Crippen LogP) is 8.78. The lowest BCUT2D eigenvalue weighted by molar-refractivity contribution is -0.704. The summed E-state index contributed by atoms with van der Waals surface area (Å²) in [7, 11) is 0. The van der Waals surface area contributed by atoms with E-state index in [2.05, 4.69) is 67.6 Å². The van der Waals surface area contributed by atoms with Crippen molar-refractivity contribution < 1.29 is 47.7 Å². The molecule has 0 aliphatic carbocycles. The fraction of sp³-hybridized carbons (Fsp3) is 0.345. The van der Waals surface area contributed by atoms with Gasteiger partial charge in [0.1, 0.15) is 17.1 Å². The molecule has 1 atom stereocenters. The van der Waals surface area contributed by atoms with Crippen LogP contribution in [0.25, 0.3) is 0 Å². The van der Waals surface area contributed by atoms with Crippen LogP contribution in [0.3, 0.4) is 0 Å². The van der Waals surface area contributed by atoms with Crippen LogP contribution in [0.2, 0.25) is 0 Å². The van der Waals surface area contributed by atoms with Crippen molar-refractivity contribution in [3.8, 4) is 11.5 Å². The first kappa shape index (κ1) is 59.0. The van der Waals surface area contributed by atoms with Gasteiger partial charge in [0, 0.05) is 59.2 Å². The average Bonchev–Trinajstić information content (AvgIpc) is 3.44. The molecular formula is C58H76N12O8+2. The lowest BCUT2D eigenvalue weighted by Crippen LogP contribution is -2.47. The van der Waals surface area contributed by atoms with Crippen molar-refractivity contribution in [1.29, 1.82) is 0 Å². The highest BCUT2D eigenvalue weighted by Crippen LogP contribution is 2.20. The van der Waals surface area contributed by atoms with Gasteiger partial charge in [0.15, 0.2) is 37.6 Å². The van der Waals surface area contributed by atoms with Crippen LogP contribution in [0.5, 0.6) is 11.5 Å². The molecule has 4 aromatic carbocycles. The number of rotatable bonds is 34. The Bertz CT molecular complexity index is 2730. The highest BCUT2D eigenvalue weighted by atomic mass is 16.6. The number of hydrogen-bond acceptors (Lipinski definition) is 12. The van der Waals surface area contributed by atoms with Gasteiger partial charge in [0.2, 0.25) is 6.54 Å². The Labute approximate surface area is 457 Å². The summed E-state index contributed by atoms with van der Waals surface area (Å²) in [6, 6.07) is 35.0. The number of carbonyl (C=O) groups is 4. The van der Waals surface area contributed by atoms with Gasteiger partial charge in [-0.1, -0.05) is 52.4 Å². The molecule has 0 saturated heterocycles. The quantitative estimate of drug-likeness (QED) is 0.00786. The molecule has 0 aliphatic heterocycles. The summed E-state index contributed by atoms with van der Waals surface area (Å²) in [5, 5.41) is 24.8. The second-order valence-corrected chi connectivity index (χ2v) is 18.5. The summed E-state index contributed by atoms with van der Waals surface area (Å²) < 4.78 is 14.9. The molecule has 2 heterocycles. The number of unbranched alkanes of at least 4 members (excludes halogenated alkanes) is 7. The molecule has 0 spiro atoms. The van der Waals surface area contributed by atoms with Crippen LogP contribution >= 0.6 is 0 Å². The molecule has 0 bridgehead atoms. The van der Waals surface area contributed by atoms with Crippen molar-refractivity contribution >= 4 is 58.0 Å². The van der Waals surface area contributed by atoms with Gasteiger partial charge in [-0.05, 0) is 135 Å². The van der Waals surface area contributed by atoms with Gasteiger partial charge in [-0.2, -0.15) is 4.57 Å². The van der Waals surface area contributed by atoms with E-state index < -0.39 is 6.23 Å². The van der Waals surface area contributed by atoms with Crippen molar-refractivity contribution in [3.63, 3.8) is 0 Å². The molecule has 1 unspecified atom stereocenters. The normalized spacial score (nSPS) is 11.2. The van der Waals surface area contributed by atoms with E-state index in [1.54, 1.807) is 102 Å². The van der Waals surface area contributed by atoms with E-state index in [-0.39, 0.29) is 37.0 Å². The van der Waals surface area contributed by atoms with Crippen LogP contribution in [-0.4, -0.2) is 61.5 Å². The molecule has 20 nitrogen and oxygen atoms in total. The monoisotopic (exact) mass is 1070 g/mol. The van der Waals surface area contributed by atoms with E-state index in [0.717, 1.165) is 87.8 Å². The first-order chi connectivity index (χ1) is 38.1. The lowest BCUT2D eigenvalue weighted by atomic mass is 10.1. The van der Waals surface area contributed by atoms with Gasteiger partial charge in [-0.25, -0.2) is 25.1 Å². The number of nitrogens with zero attached hydrogens (tertiary/aromatic N) is 2. The van der Waals surface area contributed by atoms with Crippen LogP contribution in [0.4, 0.5) is 43.7 Å². The molecule has 20 heteroatoms. The Balaban J connectivity index is 0.748. The van der Waals surface area contributed by atoms with E-state index in [4.69, 9.17) is 14.3 Å². The second kappa shape index (κ2) is 33.7. The van der Waals surface area contributed by atoms with E-state index in [1.165, 1.54) is 0 Å². The predicted molar refractivity (Wildman–Crippen MR) is 302 cm³/mol. The number of urea groups is 2. The van der Waals surface area contributed by atoms with Crippen molar-refractivity contribution in [2.45, 2.75) is 104 Å². The van der Waals surface area contributed by atoms with Crippen LogP contribution in [0, 0.1) is 0 Å². The van der Waals surface area contributed by atoms with E-state index in [9.17, 15) is 24.3 Å². The summed E-state index contributed by atoms with van der Waals surface area (Å²) in [6.45, 7) is 7.48. The smallest absolute Gasteiger partial charge is 0.323 e. The van der Waals surface area contributed by atoms with Crippen LogP contribution in [0.15, 0.2) is 146 Å². The molecular weight excluding hydrogens is 993 g/mol. The Morgan fingerprint density at radius 1 is 0.538 bits per heavy atom. The van der Waals surface area contributed by atoms with Crippen LogP contribution in [-0.2, 0) is 29.3 Å². The zero-order valence-electron chi connectivity index (χ0n) is 44.7. The first-order valence-electron chi connectivity index (χ1n) is 26.8. The van der Waals surface area contributed by atoms with Crippen LogP contribution in [0.1, 0.15) is 94.0 Å². The SMILES string of the molecule is CCCCOc1ccc(NC(=O)Nc2ccc(NNC(=O)C[n+]3cccc(C(=O)NCCCCCCCCNOCc4ccc[n+](CC(O)NNc5ccc(NC(=O)Nc6ccc(OCCCC)cc6)cc5)c4)c3)cc2)cc1. The Kier molecular flexibility index (Phi) is 25.5. The summed E-state index contributed by atoms with van der Waals surface area (Å²) in [6.07, 6.45) is 16.4. The van der Waals surface area contributed by atoms with Crippen molar-refractivity contribution in [1.82, 2.24) is 21.6 Å². The maximum absolute atomic E-state index is 12.9. The number of aliphatic hydroxyl groups is 1. The maximum Gasteiger partial charge on any atom is 0.323 e. The number of amides is 6. The van der Waals surface area contributed by atoms with Crippen molar-refractivity contribution in [3.05, 3.63) is 157 Å². The van der Waals surface area contributed by atoms with E-state index in [1.807, 2.05) is 53.4 Å². The zero-order valence-corrected chi connectivity index (χ0v) is 44.7. The third kappa shape index (κ3) is 22.9. The molecule has 78 heavy (non-hydrogen) atoms. The fourth-order valence-corrected chi connectivity index (χ4v) is 7.63. The highest BCUT2D eigenvalue weighted by Gasteiger charge is 2.15. The molecule has 0 aliphatic rings. The number of benzene rings is 4. The average molecular weight is 1070 g/mol. The Morgan fingerprint density at radius 2 is 1.03 bits per heavy atom. The molecule has 6 amide bonds. The third-order valence-corrected chi connectivity index (χ3v) is 11.9. The number of ether oxygens (including phenoxy) is 2. The summed E-state index contributed by atoms with van der Waals surface area (Å²) in [5.74, 6) is 1.01. The van der Waals surface area contributed by atoms with Crippen LogP contribution < -0.4 is 72.4 Å². The number of hydrazine groups is 2. The number of aromatic nitrogens is 2. The number of hydroxylamine groups is 1. The summed E-state index contributed by atoms with van der Waals surface area (Å²) in [4.78, 5) is 56.3. The number of nitrogens with one attached hydrogen (secondary N) is 10. The van der Waals surface area contributed by atoms with Gasteiger partial charge in [-0.3, -0.25) is 25.3 Å². The largest absolute Gasteiger partial charge is 0.494 e. The van der Waals surface area contributed by atoms with Gasteiger partial charge in [-0.15, -0.1) is 0 Å². The molecule has 0 fully saturated rings. The minimum absolute atomic E-state index is 0.00493. The fourth-order valence-electron chi connectivity index (χ4n) is 7.63. The molecule has 11 N–H and O–H groups in total. The van der Waals surface area contributed by atoms with Gasteiger partial charge < -0.3 is 46.6 Å². The molecule has 0 radical (unpaired) electrons. The summed E-state index contributed by atoms with van der Waals surface area (Å²) >= 11 is 0. The first-order valence-corrected chi connectivity index (χ1v) is 26.8. The number of hydrogen-bond donors (Lipinski definition) is 11. The third-order valence-electron chi connectivity index (χ3n) is 11.9. The topological polar surface area (TPSA) is 244 Å². The van der Waals surface area contributed by atoms with E-state index >= 15 is 0 Å². The number of anilines is 6. The lowest BCUT2D eigenvalue weighted by Gasteiger charge is -2.13. The highest BCUT2D eigenvalue weighted by molar-refractivity contribution is 6.00. The molecule has 2 aromatic heterocycles. The molecule has 414 valence electrons. The number of pyridine rings is 2. The van der Waals surface area contributed by atoms with Gasteiger partial charge in [0.25, 0.3) is 5.91 Å². The van der Waals surface area contributed by atoms with Crippen molar-refractivity contribution in [2.75, 3.05) is 58.4 Å². The Hall–Kier alpha value is -8.30. The Morgan fingerprint density at radius 3 is 1.59 bits per heavy atom. The molecule has 6 rings (SSSR count). The summed E-state index contributed by atoms with van der Waals surface area (Å²) in [5.41, 5.74) is 19.7. The molecule has 6 aromatic rings. The second-order valence-electron chi connectivity index (χ2n) is 18.5.